The Bertz CT molecular complexity index is 1150. The number of carbonyl (C=O) groups is 1. The summed E-state index contributed by atoms with van der Waals surface area (Å²) in [6, 6.07) is 19.5. The lowest BCUT2D eigenvalue weighted by molar-refractivity contribution is 0.0712. The summed E-state index contributed by atoms with van der Waals surface area (Å²) >= 11 is 0. The minimum Gasteiger partial charge on any atom is -0.337 e. The Morgan fingerprint density at radius 2 is 1.61 bits per heavy atom. The molecule has 170 valence electrons. The smallest absolute Gasteiger partial charge is 0.272 e. The van der Waals surface area contributed by atoms with Gasteiger partial charge in [-0.05, 0) is 68.2 Å². The molecule has 3 heterocycles. The van der Waals surface area contributed by atoms with E-state index in [1.807, 2.05) is 22.9 Å². The molecule has 1 amide bonds. The van der Waals surface area contributed by atoms with Crippen LogP contribution in [0.4, 0.5) is 0 Å². The van der Waals surface area contributed by atoms with E-state index in [2.05, 4.69) is 46.2 Å². The maximum atomic E-state index is 13.8. The Morgan fingerprint density at radius 1 is 0.848 bits per heavy atom. The van der Waals surface area contributed by atoms with Gasteiger partial charge in [-0.15, -0.1) is 0 Å². The van der Waals surface area contributed by atoms with E-state index in [4.69, 9.17) is 5.10 Å². The van der Waals surface area contributed by atoms with Crippen molar-refractivity contribution in [2.24, 2.45) is 0 Å². The highest BCUT2D eigenvalue weighted by Crippen LogP contribution is 2.32. The zero-order valence-electron chi connectivity index (χ0n) is 19.2. The van der Waals surface area contributed by atoms with Crippen molar-refractivity contribution in [1.29, 1.82) is 0 Å². The normalized spacial score (nSPS) is 20.8. The van der Waals surface area contributed by atoms with E-state index in [0.717, 1.165) is 81.8 Å². The second-order valence-electron chi connectivity index (χ2n) is 9.76. The Kier molecular flexibility index (Phi) is 5.50. The summed E-state index contributed by atoms with van der Waals surface area (Å²) < 4.78 is 1.94. The molecule has 1 aliphatic carbocycles. The van der Waals surface area contributed by atoms with Gasteiger partial charge in [0.15, 0.2) is 0 Å². The van der Waals surface area contributed by atoms with Gasteiger partial charge in [-0.3, -0.25) is 9.69 Å². The fourth-order valence-corrected chi connectivity index (χ4v) is 5.92. The molecule has 0 N–H and O–H groups in total. The van der Waals surface area contributed by atoms with Crippen molar-refractivity contribution in [2.75, 3.05) is 19.6 Å². The molecular weight excluding hydrogens is 408 g/mol. The molecule has 1 unspecified atom stereocenters. The summed E-state index contributed by atoms with van der Waals surface area (Å²) in [5, 5.41) is 5.00. The highest BCUT2D eigenvalue weighted by molar-refractivity contribution is 5.95. The van der Waals surface area contributed by atoms with Crippen molar-refractivity contribution in [3.63, 3.8) is 0 Å². The minimum atomic E-state index is 0.164. The van der Waals surface area contributed by atoms with Crippen LogP contribution in [0.15, 0.2) is 54.6 Å². The van der Waals surface area contributed by atoms with Crippen LogP contribution in [0.1, 0.15) is 58.6 Å². The average Bonchev–Trinajstić information content (AvgIpc) is 3.28. The van der Waals surface area contributed by atoms with Gasteiger partial charge in [-0.25, -0.2) is 4.68 Å². The molecule has 1 saturated heterocycles. The van der Waals surface area contributed by atoms with E-state index in [-0.39, 0.29) is 5.91 Å². The fourth-order valence-electron chi connectivity index (χ4n) is 5.92. The summed E-state index contributed by atoms with van der Waals surface area (Å²) in [6.45, 7) is 3.83. The van der Waals surface area contributed by atoms with Crippen LogP contribution >= 0.6 is 0 Å². The largest absolute Gasteiger partial charge is 0.337 e. The molecule has 0 bridgehead atoms. The Morgan fingerprint density at radius 3 is 2.42 bits per heavy atom. The lowest BCUT2D eigenvalue weighted by atomic mass is 9.88. The molecule has 33 heavy (non-hydrogen) atoms. The van der Waals surface area contributed by atoms with Crippen LogP contribution in [-0.4, -0.2) is 51.2 Å². The van der Waals surface area contributed by atoms with Gasteiger partial charge in [-0.2, -0.15) is 5.10 Å². The standard InChI is InChI=1S/C28H32N4O/c33-28(30-16-7-2-8-17-30)27-25-19-24(31-18-15-21-9-5-6-10-22(21)20-31)13-14-26(25)29-32(27)23-11-3-1-4-12-23/h1,3-6,9-12,24H,2,7-8,13-20H2. The third-order valence-corrected chi connectivity index (χ3v) is 7.74. The number of hydrogen-bond donors (Lipinski definition) is 0. The number of rotatable bonds is 3. The zero-order chi connectivity index (χ0) is 22.2. The number of likely N-dealkylation sites (tertiary alicyclic amines) is 1. The van der Waals surface area contributed by atoms with E-state index in [1.54, 1.807) is 0 Å². The van der Waals surface area contributed by atoms with Gasteiger partial charge in [-0.1, -0.05) is 42.5 Å². The second kappa shape index (κ2) is 8.79. The highest BCUT2D eigenvalue weighted by atomic mass is 16.2. The minimum absolute atomic E-state index is 0.164. The monoisotopic (exact) mass is 440 g/mol. The van der Waals surface area contributed by atoms with Crippen molar-refractivity contribution in [3.05, 3.63) is 82.7 Å². The third-order valence-electron chi connectivity index (χ3n) is 7.74. The lowest BCUT2D eigenvalue weighted by Gasteiger charge is -2.37. The van der Waals surface area contributed by atoms with Crippen LogP contribution in [-0.2, 0) is 25.8 Å². The maximum absolute atomic E-state index is 13.8. The molecule has 5 nitrogen and oxygen atoms in total. The molecular formula is C28H32N4O. The number of aryl methyl sites for hydroxylation is 1. The van der Waals surface area contributed by atoms with Gasteiger partial charge in [0.05, 0.1) is 11.4 Å². The van der Waals surface area contributed by atoms with Gasteiger partial charge in [0.2, 0.25) is 0 Å². The van der Waals surface area contributed by atoms with E-state index < -0.39 is 0 Å². The second-order valence-corrected chi connectivity index (χ2v) is 9.76. The van der Waals surface area contributed by atoms with E-state index >= 15 is 0 Å². The van der Waals surface area contributed by atoms with Crippen LogP contribution < -0.4 is 0 Å². The summed E-state index contributed by atoms with van der Waals surface area (Å²) in [7, 11) is 0. The Labute approximate surface area is 196 Å². The van der Waals surface area contributed by atoms with Crippen LogP contribution in [0, 0.1) is 0 Å². The lowest BCUT2D eigenvalue weighted by Crippen LogP contribution is -2.43. The number of hydrogen-bond acceptors (Lipinski definition) is 3. The number of carbonyl (C=O) groups excluding carboxylic acids is 1. The van der Waals surface area contributed by atoms with Gasteiger partial charge in [0, 0.05) is 37.8 Å². The Hall–Kier alpha value is -2.92. The predicted octanol–water partition coefficient (Wildman–Crippen LogP) is 4.41. The summed E-state index contributed by atoms with van der Waals surface area (Å²) in [6.07, 6.45) is 7.50. The first-order chi connectivity index (χ1) is 16.3. The third kappa shape index (κ3) is 3.89. The first kappa shape index (κ1) is 20.7. The van der Waals surface area contributed by atoms with Gasteiger partial charge in [0.25, 0.3) is 5.91 Å². The zero-order valence-corrected chi connectivity index (χ0v) is 19.2. The number of para-hydroxylation sites is 1. The van der Waals surface area contributed by atoms with Crippen molar-refractivity contribution in [2.45, 2.75) is 57.5 Å². The molecule has 3 aliphatic rings. The Balaban J connectivity index is 1.34. The molecule has 1 atom stereocenters. The van der Waals surface area contributed by atoms with Crippen LogP contribution in [0.2, 0.25) is 0 Å². The molecule has 0 spiro atoms. The molecule has 6 rings (SSSR count). The number of benzene rings is 2. The fraction of sp³-hybridized carbons (Fsp3) is 0.429. The van der Waals surface area contributed by atoms with Gasteiger partial charge >= 0.3 is 0 Å². The van der Waals surface area contributed by atoms with Crippen molar-refractivity contribution in [1.82, 2.24) is 19.6 Å². The molecule has 3 aromatic rings. The maximum Gasteiger partial charge on any atom is 0.272 e. The van der Waals surface area contributed by atoms with Crippen molar-refractivity contribution >= 4 is 5.91 Å². The van der Waals surface area contributed by atoms with Crippen LogP contribution in [0.25, 0.3) is 5.69 Å². The first-order valence-electron chi connectivity index (χ1n) is 12.5. The summed E-state index contributed by atoms with van der Waals surface area (Å²) in [5.41, 5.74) is 7.04. The summed E-state index contributed by atoms with van der Waals surface area (Å²) in [5.74, 6) is 0.164. The molecule has 1 fully saturated rings. The molecule has 0 saturated carbocycles. The number of fused-ring (bicyclic) bond motifs is 2. The van der Waals surface area contributed by atoms with Gasteiger partial charge < -0.3 is 4.90 Å². The molecule has 2 aromatic carbocycles. The van der Waals surface area contributed by atoms with Gasteiger partial charge in [0.1, 0.15) is 5.69 Å². The number of nitrogens with zero attached hydrogens (tertiary/aromatic N) is 4. The average molecular weight is 441 g/mol. The van der Waals surface area contributed by atoms with Crippen LogP contribution in [0.3, 0.4) is 0 Å². The van der Waals surface area contributed by atoms with Crippen molar-refractivity contribution < 1.29 is 4.79 Å². The number of amides is 1. The summed E-state index contributed by atoms with van der Waals surface area (Å²) in [4.78, 5) is 18.5. The van der Waals surface area contributed by atoms with Crippen molar-refractivity contribution in [3.8, 4) is 5.69 Å². The SMILES string of the molecule is O=C(c1c2c(nn1-c1ccccc1)CCC(N1CCc3ccccc3C1)C2)N1CCCCC1. The first-order valence-corrected chi connectivity index (χ1v) is 12.5. The number of aromatic nitrogens is 2. The highest BCUT2D eigenvalue weighted by Gasteiger charge is 2.35. The quantitative estimate of drug-likeness (QED) is 0.606. The van der Waals surface area contributed by atoms with E-state index in [0.29, 0.717) is 6.04 Å². The molecule has 5 heteroatoms. The van der Waals surface area contributed by atoms with Crippen LogP contribution in [0.5, 0.6) is 0 Å². The number of piperidine rings is 1. The molecule has 2 aliphatic heterocycles. The van der Waals surface area contributed by atoms with E-state index in [1.165, 1.54) is 23.1 Å². The topological polar surface area (TPSA) is 41.4 Å². The molecule has 1 aromatic heterocycles. The molecule has 0 radical (unpaired) electrons. The van der Waals surface area contributed by atoms with E-state index in [9.17, 15) is 4.79 Å². The predicted molar refractivity (Wildman–Crippen MR) is 130 cm³/mol.